The zero-order valence-electron chi connectivity index (χ0n) is 9.71. The van der Waals surface area contributed by atoms with Gasteiger partial charge in [0.05, 0.1) is 0 Å². The Balaban J connectivity index is 2.90. The van der Waals surface area contributed by atoms with Gasteiger partial charge in [-0.1, -0.05) is 19.9 Å². The molecule has 2 N–H and O–H groups in total. The summed E-state index contributed by atoms with van der Waals surface area (Å²) in [4.78, 5) is 11.0. The van der Waals surface area contributed by atoms with E-state index in [2.05, 4.69) is 5.32 Å². The maximum atomic E-state index is 13.3. The smallest absolute Gasteiger partial charge is 0.326 e. The van der Waals surface area contributed by atoms with Gasteiger partial charge in [-0.15, -0.1) is 0 Å². The van der Waals surface area contributed by atoms with Crippen LogP contribution in [0.3, 0.4) is 0 Å². The average molecular weight is 243 g/mol. The quantitative estimate of drug-likeness (QED) is 0.836. The highest BCUT2D eigenvalue weighted by Crippen LogP contribution is 2.20. The molecule has 0 bridgehead atoms. The van der Waals surface area contributed by atoms with Crippen LogP contribution in [0, 0.1) is 17.6 Å². The van der Waals surface area contributed by atoms with Crippen molar-refractivity contribution in [1.82, 2.24) is 0 Å². The molecule has 3 nitrogen and oxygen atoms in total. The molecule has 0 fully saturated rings. The Kier molecular flexibility index (Phi) is 4.43. The fourth-order valence-corrected chi connectivity index (χ4v) is 1.50. The molecule has 17 heavy (non-hydrogen) atoms. The largest absolute Gasteiger partial charge is 0.480 e. The van der Waals surface area contributed by atoms with Crippen LogP contribution in [0.5, 0.6) is 0 Å². The van der Waals surface area contributed by atoms with Gasteiger partial charge in [0.2, 0.25) is 0 Å². The van der Waals surface area contributed by atoms with Crippen LogP contribution < -0.4 is 5.32 Å². The molecule has 0 spiro atoms. The number of hydrogen-bond donors (Lipinski definition) is 2. The van der Waals surface area contributed by atoms with Crippen LogP contribution in [0.2, 0.25) is 0 Å². The predicted octanol–water partition coefficient (Wildman–Crippen LogP) is 2.88. The molecule has 1 rings (SSSR count). The van der Waals surface area contributed by atoms with Crippen molar-refractivity contribution in [2.24, 2.45) is 5.92 Å². The molecule has 0 aliphatic heterocycles. The highest BCUT2D eigenvalue weighted by atomic mass is 19.1. The van der Waals surface area contributed by atoms with Crippen LogP contribution in [0.15, 0.2) is 18.2 Å². The normalized spacial score (nSPS) is 12.5. The van der Waals surface area contributed by atoms with Crippen LogP contribution in [0.4, 0.5) is 14.5 Å². The number of carbonyl (C=O) groups is 1. The molecule has 0 saturated carbocycles. The molecule has 0 aliphatic rings. The van der Waals surface area contributed by atoms with E-state index in [1.54, 1.807) is 0 Å². The van der Waals surface area contributed by atoms with Crippen LogP contribution in [-0.4, -0.2) is 17.1 Å². The van der Waals surface area contributed by atoms with E-state index in [-0.39, 0.29) is 11.6 Å². The molecule has 0 saturated heterocycles. The summed E-state index contributed by atoms with van der Waals surface area (Å²) < 4.78 is 26.6. The van der Waals surface area contributed by atoms with Crippen molar-refractivity contribution in [1.29, 1.82) is 0 Å². The van der Waals surface area contributed by atoms with E-state index in [4.69, 9.17) is 5.11 Å². The molecule has 1 atom stereocenters. The van der Waals surface area contributed by atoms with Crippen molar-refractivity contribution >= 4 is 11.7 Å². The van der Waals surface area contributed by atoms with Crippen molar-refractivity contribution in [3.05, 3.63) is 29.8 Å². The van der Waals surface area contributed by atoms with Gasteiger partial charge in [0.15, 0.2) is 0 Å². The second-order valence-corrected chi connectivity index (χ2v) is 4.26. The summed E-state index contributed by atoms with van der Waals surface area (Å²) in [6.45, 7) is 3.69. The third-order valence-corrected chi connectivity index (χ3v) is 2.29. The Morgan fingerprint density at radius 1 is 1.35 bits per heavy atom. The van der Waals surface area contributed by atoms with Gasteiger partial charge < -0.3 is 10.4 Å². The number of carboxylic acid groups (broad SMARTS) is 1. The molecule has 0 aliphatic carbocycles. The summed E-state index contributed by atoms with van der Waals surface area (Å²) in [5.74, 6) is -2.60. The number of para-hydroxylation sites is 1. The number of hydrogen-bond acceptors (Lipinski definition) is 2. The molecular formula is C12H15F2NO2. The number of nitrogens with one attached hydrogen (secondary N) is 1. The maximum absolute atomic E-state index is 13.3. The first-order valence-corrected chi connectivity index (χ1v) is 5.35. The Bertz CT molecular complexity index is 387. The van der Waals surface area contributed by atoms with E-state index in [1.165, 1.54) is 6.07 Å². The summed E-state index contributed by atoms with van der Waals surface area (Å²) >= 11 is 0. The number of anilines is 1. The number of rotatable bonds is 5. The van der Waals surface area contributed by atoms with Gasteiger partial charge >= 0.3 is 5.97 Å². The Morgan fingerprint density at radius 2 is 1.88 bits per heavy atom. The maximum Gasteiger partial charge on any atom is 0.326 e. The van der Waals surface area contributed by atoms with Gasteiger partial charge in [0.25, 0.3) is 0 Å². The van der Waals surface area contributed by atoms with Crippen molar-refractivity contribution < 1.29 is 18.7 Å². The Labute approximate surface area is 98.5 Å². The molecule has 94 valence electrons. The summed E-state index contributed by atoms with van der Waals surface area (Å²) in [5, 5.41) is 11.4. The van der Waals surface area contributed by atoms with Crippen LogP contribution in [-0.2, 0) is 4.79 Å². The summed E-state index contributed by atoms with van der Waals surface area (Å²) in [7, 11) is 0. The second-order valence-electron chi connectivity index (χ2n) is 4.26. The first kappa shape index (κ1) is 13.4. The number of benzene rings is 1. The molecule has 1 unspecified atom stereocenters. The third-order valence-electron chi connectivity index (χ3n) is 2.29. The fourth-order valence-electron chi connectivity index (χ4n) is 1.50. The monoisotopic (exact) mass is 243 g/mol. The highest BCUT2D eigenvalue weighted by Gasteiger charge is 2.21. The van der Waals surface area contributed by atoms with Crippen molar-refractivity contribution in [3.8, 4) is 0 Å². The lowest BCUT2D eigenvalue weighted by Gasteiger charge is -2.18. The topological polar surface area (TPSA) is 49.3 Å². The number of halogens is 2. The summed E-state index contributed by atoms with van der Waals surface area (Å²) in [6, 6.07) is 2.40. The third kappa shape index (κ3) is 3.69. The zero-order valence-corrected chi connectivity index (χ0v) is 9.71. The van der Waals surface area contributed by atoms with E-state index >= 15 is 0 Å². The van der Waals surface area contributed by atoms with Crippen molar-refractivity contribution in [2.45, 2.75) is 26.3 Å². The SMILES string of the molecule is CC(C)CC(Nc1c(F)cccc1F)C(=O)O. The van der Waals surface area contributed by atoms with E-state index in [0.717, 1.165) is 12.1 Å². The van der Waals surface area contributed by atoms with Gasteiger partial charge in [0, 0.05) is 0 Å². The minimum Gasteiger partial charge on any atom is -0.480 e. The minimum atomic E-state index is -1.12. The molecule has 0 heterocycles. The van der Waals surface area contributed by atoms with E-state index < -0.39 is 23.6 Å². The molecule has 5 heteroatoms. The molecular weight excluding hydrogens is 228 g/mol. The van der Waals surface area contributed by atoms with Gasteiger partial charge in [0.1, 0.15) is 23.4 Å². The van der Waals surface area contributed by atoms with Crippen molar-refractivity contribution in [2.75, 3.05) is 5.32 Å². The predicted molar refractivity (Wildman–Crippen MR) is 60.9 cm³/mol. The molecule has 1 aromatic rings. The van der Waals surface area contributed by atoms with Gasteiger partial charge in [-0.05, 0) is 24.5 Å². The van der Waals surface area contributed by atoms with Gasteiger partial charge in [-0.3, -0.25) is 0 Å². The highest BCUT2D eigenvalue weighted by molar-refractivity contribution is 5.77. The standard InChI is InChI=1S/C12H15F2NO2/c1-7(2)6-10(12(16)17)15-11-8(13)4-3-5-9(11)14/h3-5,7,10,15H,6H2,1-2H3,(H,16,17). The molecule has 0 aromatic heterocycles. The summed E-state index contributed by atoms with van der Waals surface area (Å²) in [5.41, 5.74) is -0.388. The first-order chi connectivity index (χ1) is 7.91. The lowest BCUT2D eigenvalue weighted by Crippen LogP contribution is -2.31. The number of carboxylic acids is 1. The van der Waals surface area contributed by atoms with E-state index in [0.29, 0.717) is 6.42 Å². The summed E-state index contributed by atoms with van der Waals surface area (Å²) in [6.07, 6.45) is 0.295. The zero-order chi connectivity index (χ0) is 13.0. The Morgan fingerprint density at radius 3 is 2.29 bits per heavy atom. The van der Waals surface area contributed by atoms with E-state index in [1.807, 2.05) is 13.8 Å². The fraction of sp³-hybridized carbons (Fsp3) is 0.417. The first-order valence-electron chi connectivity index (χ1n) is 5.35. The lowest BCUT2D eigenvalue weighted by atomic mass is 10.0. The molecule has 0 radical (unpaired) electrons. The number of aliphatic carboxylic acids is 1. The van der Waals surface area contributed by atoms with Crippen molar-refractivity contribution in [3.63, 3.8) is 0 Å². The average Bonchev–Trinajstić information content (AvgIpc) is 2.21. The van der Waals surface area contributed by atoms with Gasteiger partial charge in [-0.2, -0.15) is 0 Å². The van der Waals surface area contributed by atoms with Crippen LogP contribution in [0.1, 0.15) is 20.3 Å². The minimum absolute atomic E-state index is 0.110. The Hall–Kier alpha value is -1.65. The van der Waals surface area contributed by atoms with Crippen LogP contribution in [0.25, 0.3) is 0 Å². The van der Waals surface area contributed by atoms with Crippen LogP contribution >= 0.6 is 0 Å². The molecule has 0 amide bonds. The lowest BCUT2D eigenvalue weighted by molar-refractivity contribution is -0.138. The van der Waals surface area contributed by atoms with Gasteiger partial charge in [-0.25, -0.2) is 13.6 Å². The molecule has 1 aromatic carbocycles. The second kappa shape index (κ2) is 5.61. The van der Waals surface area contributed by atoms with E-state index in [9.17, 15) is 13.6 Å².